The maximum Gasteiger partial charge on any atom is 0.498 e. The Hall–Kier alpha value is -1.75. The summed E-state index contributed by atoms with van der Waals surface area (Å²) >= 11 is 0. The van der Waals surface area contributed by atoms with Gasteiger partial charge < -0.3 is 29.3 Å². The van der Waals surface area contributed by atoms with E-state index in [1.54, 1.807) is 17.3 Å². The minimum atomic E-state index is -1.36. The predicted octanol–water partition coefficient (Wildman–Crippen LogP) is -0.834. The number of likely N-dealkylation sites (tertiary alicyclic amines) is 1. The van der Waals surface area contributed by atoms with E-state index < -0.39 is 36.9 Å². The Morgan fingerprint density at radius 2 is 1.89 bits per heavy atom. The van der Waals surface area contributed by atoms with Gasteiger partial charge in [0.2, 0.25) is 5.95 Å². The van der Waals surface area contributed by atoms with E-state index in [2.05, 4.69) is 9.97 Å². The van der Waals surface area contributed by atoms with Gasteiger partial charge in [-0.2, -0.15) is 0 Å². The van der Waals surface area contributed by atoms with Crippen molar-refractivity contribution < 1.29 is 24.3 Å². The molecule has 2 N–H and O–H groups in total. The van der Waals surface area contributed by atoms with Crippen LogP contribution in [-0.2, 0) is 14.1 Å². The molecule has 0 spiro atoms. The van der Waals surface area contributed by atoms with Crippen molar-refractivity contribution in [3.05, 3.63) is 12.4 Å². The average molecular weight is 392 g/mol. The highest BCUT2D eigenvalue weighted by molar-refractivity contribution is 6.61. The summed E-state index contributed by atoms with van der Waals surface area (Å²) in [4.78, 5) is 24.4. The average Bonchev–Trinajstić information content (AvgIpc) is 3.22. The van der Waals surface area contributed by atoms with Gasteiger partial charge in [-0.25, -0.2) is 9.97 Å². The number of likely N-dealkylation sites (N-methyl/N-ethyl adjacent to an activating group) is 1. The molecule has 2 fully saturated rings. The highest BCUT2D eigenvalue weighted by Crippen LogP contribution is 2.36. The van der Waals surface area contributed by atoms with Gasteiger partial charge in [0.05, 0.1) is 23.9 Å². The smallest absolute Gasteiger partial charge is 0.399 e. The number of anilines is 1. The number of aliphatic hydroxyl groups is 2. The molecule has 0 bridgehead atoms. The summed E-state index contributed by atoms with van der Waals surface area (Å²) in [6, 6.07) is 0.0394. The van der Waals surface area contributed by atoms with Gasteiger partial charge in [0.25, 0.3) is 5.91 Å². The topological polar surface area (TPSA) is 108 Å². The molecule has 28 heavy (non-hydrogen) atoms. The summed E-state index contributed by atoms with van der Waals surface area (Å²) in [5.74, 6) is 0.0951. The van der Waals surface area contributed by atoms with E-state index in [9.17, 15) is 9.90 Å². The number of aromatic nitrogens is 2. The number of nitrogens with zero attached hydrogens (tertiary/aromatic N) is 4. The van der Waals surface area contributed by atoms with Crippen molar-refractivity contribution in [2.45, 2.75) is 57.5 Å². The first-order chi connectivity index (χ1) is 13.1. The molecule has 2 aliphatic rings. The molecule has 1 aromatic rings. The van der Waals surface area contributed by atoms with Crippen LogP contribution in [0.3, 0.4) is 0 Å². The quantitative estimate of drug-likeness (QED) is 0.625. The number of carbonyl (C=O) groups excluding carboxylic acids is 1. The third-order valence-corrected chi connectivity index (χ3v) is 5.98. The zero-order valence-electron chi connectivity index (χ0n) is 17.1. The Kier molecular flexibility index (Phi) is 5.68. The fourth-order valence-electron chi connectivity index (χ4n) is 3.32. The van der Waals surface area contributed by atoms with Crippen molar-refractivity contribution in [1.29, 1.82) is 0 Å². The second kappa shape index (κ2) is 7.59. The van der Waals surface area contributed by atoms with Gasteiger partial charge in [-0.1, -0.05) is 0 Å². The van der Waals surface area contributed by atoms with Crippen molar-refractivity contribution >= 4 is 24.4 Å². The number of hydrogen-bond donors (Lipinski definition) is 2. The van der Waals surface area contributed by atoms with Crippen LogP contribution < -0.4 is 10.4 Å². The van der Waals surface area contributed by atoms with E-state index in [1.807, 2.05) is 39.6 Å². The molecular weight excluding hydrogens is 363 g/mol. The lowest BCUT2D eigenvalue weighted by molar-refractivity contribution is -0.141. The summed E-state index contributed by atoms with van der Waals surface area (Å²) in [7, 11) is 1.37. The van der Waals surface area contributed by atoms with Crippen LogP contribution in [0.15, 0.2) is 12.4 Å². The largest absolute Gasteiger partial charge is 0.498 e. The molecular formula is C18H29BN4O5. The molecule has 3 heterocycles. The molecule has 2 atom stereocenters. The fraction of sp³-hybridized carbons (Fsp3) is 0.722. The molecule has 2 aliphatic heterocycles. The van der Waals surface area contributed by atoms with E-state index in [1.165, 1.54) is 0 Å². The van der Waals surface area contributed by atoms with Crippen LogP contribution in [0.2, 0.25) is 0 Å². The molecule has 10 heteroatoms. The van der Waals surface area contributed by atoms with Crippen LogP contribution in [0, 0.1) is 0 Å². The first-order valence-electron chi connectivity index (χ1n) is 9.54. The zero-order valence-corrected chi connectivity index (χ0v) is 17.1. The molecule has 2 saturated heterocycles. The Morgan fingerprint density at radius 1 is 1.32 bits per heavy atom. The molecule has 1 amide bonds. The molecule has 3 rings (SSSR count). The summed E-state index contributed by atoms with van der Waals surface area (Å²) in [5.41, 5.74) is -0.0943. The Labute approximate surface area is 165 Å². The van der Waals surface area contributed by atoms with Crippen LogP contribution in [0.25, 0.3) is 0 Å². The van der Waals surface area contributed by atoms with Crippen molar-refractivity contribution in [3.63, 3.8) is 0 Å². The van der Waals surface area contributed by atoms with E-state index in [4.69, 9.17) is 14.4 Å². The van der Waals surface area contributed by atoms with Gasteiger partial charge in [0.1, 0.15) is 0 Å². The number of aliphatic hydroxyl groups excluding tert-OH is 2. The summed E-state index contributed by atoms with van der Waals surface area (Å²) in [6.07, 6.45) is 2.78. The number of rotatable bonds is 5. The van der Waals surface area contributed by atoms with Gasteiger partial charge in [0.15, 0.2) is 6.10 Å². The van der Waals surface area contributed by atoms with E-state index in [-0.39, 0.29) is 6.04 Å². The zero-order chi connectivity index (χ0) is 20.7. The van der Waals surface area contributed by atoms with E-state index in [0.29, 0.717) is 19.0 Å². The Balaban J connectivity index is 1.64. The predicted molar refractivity (Wildman–Crippen MR) is 104 cm³/mol. The molecule has 1 unspecified atom stereocenters. The summed E-state index contributed by atoms with van der Waals surface area (Å²) in [6.45, 7) is 8.40. The SMILES string of the molecule is CN(c1ncc(B2OC(C)(C)C(C)(C)O2)cn1)[C@H]1CCN(C(=O)C(O)CO)C1. The molecule has 9 nitrogen and oxygen atoms in total. The standard InChI is InChI=1S/C18H29BN4O5/c1-17(2)18(3,4)28-19(27-17)12-8-20-16(21-9-12)22(5)13-6-7-23(10-13)15(26)14(25)11-24/h8-9,13-14,24-25H,6-7,10-11H2,1-5H3/t13-,14?/m0/s1. The third kappa shape index (κ3) is 3.87. The second-order valence-corrected chi connectivity index (χ2v) is 8.44. The number of carbonyl (C=O) groups is 1. The molecule has 0 saturated carbocycles. The molecule has 1 aromatic heterocycles. The lowest BCUT2D eigenvalue weighted by Gasteiger charge is -2.32. The maximum absolute atomic E-state index is 12.0. The van der Waals surface area contributed by atoms with Gasteiger partial charge in [-0.15, -0.1) is 0 Å². The number of hydrogen-bond acceptors (Lipinski definition) is 8. The minimum Gasteiger partial charge on any atom is -0.399 e. The highest BCUT2D eigenvalue weighted by Gasteiger charge is 2.52. The minimum absolute atomic E-state index is 0.0394. The van der Waals surface area contributed by atoms with E-state index in [0.717, 1.165) is 11.9 Å². The highest BCUT2D eigenvalue weighted by atomic mass is 16.7. The lowest BCUT2D eigenvalue weighted by Crippen LogP contribution is -2.42. The number of amides is 1. The van der Waals surface area contributed by atoms with Crippen molar-refractivity contribution in [2.75, 3.05) is 31.6 Å². The monoisotopic (exact) mass is 392 g/mol. The van der Waals surface area contributed by atoms with Crippen LogP contribution in [0.5, 0.6) is 0 Å². The van der Waals surface area contributed by atoms with Crippen LogP contribution in [-0.4, -0.2) is 88.2 Å². The van der Waals surface area contributed by atoms with Crippen LogP contribution in [0.4, 0.5) is 5.95 Å². The van der Waals surface area contributed by atoms with Crippen molar-refractivity contribution in [3.8, 4) is 0 Å². The van der Waals surface area contributed by atoms with Gasteiger partial charge in [0, 0.05) is 38.0 Å². The Morgan fingerprint density at radius 3 is 2.43 bits per heavy atom. The Bertz CT molecular complexity index is 698. The molecule has 0 aromatic carbocycles. The lowest BCUT2D eigenvalue weighted by atomic mass is 9.81. The first-order valence-corrected chi connectivity index (χ1v) is 9.54. The van der Waals surface area contributed by atoms with Gasteiger partial charge in [-0.3, -0.25) is 4.79 Å². The molecule has 0 radical (unpaired) electrons. The van der Waals surface area contributed by atoms with Crippen LogP contribution in [0.1, 0.15) is 34.1 Å². The normalized spacial score (nSPS) is 24.5. The fourth-order valence-corrected chi connectivity index (χ4v) is 3.32. The first kappa shape index (κ1) is 21.0. The molecule has 0 aliphatic carbocycles. The third-order valence-electron chi connectivity index (χ3n) is 5.98. The second-order valence-electron chi connectivity index (χ2n) is 8.44. The van der Waals surface area contributed by atoms with Crippen molar-refractivity contribution in [1.82, 2.24) is 14.9 Å². The van der Waals surface area contributed by atoms with Crippen molar-refractivity contribution in [2.24, 2.45) is 0 Å². The van der Waals surface area contributed by atoms with Gasteiger partial charge >= 0.3 is 7.12 Å². The maximum atomic E-state index is 12.0. The summed E-state index contributed by atoms with van der Waals surface area (Å²) in [5, 5.41) is 18.5. The summed E-state index contributed by atoms with van der Waals surface area (Å²) < 4.78 is 12.0. The molecule has 154 valence electrons. The van der Waals surface area contributed by atoms with E-state index >= 15 is 0 Å². The van der Waals surface area contributed by atoms with Gasteiger partial charge in [-0.05, 0) is 34.1 Å². The van der Waals surface area contributed by atoms with Crippen LogP contribution >= 0.6 is 0 Å².